The van der Waals surface area contributed by atoms with Crippen molar-refractivity contribution in [1.29, 1.82) is 0 Å². The molecule has 3 N–H and O–H groups in total. The molecule has 0 saturated heterocycles. The van der Waals surface area contributed by atoms with Crippen molar-refractivity contribution in [3.8, 4) is 0 Å². The zero-order valence-corrected chi connectivity index (χ0v) is 10.4. The molecule has 0 bridgehead atoms. The van der Waals surface area contributed by atoms with Crippen LogP contribution in [-0.2, 0) is 24.9 Å². The molecular formula is C8H11N9O3. The molecule has 0 atom stereocenters. The molecule has 0 aliphatic heterocycles. The number of amides is 2. The second-order valence-electron chi connectivity index (χ2n) is 3.71. The molecule has 2 aromatic rings. The molecule has 2 rings (SSSR count). The standard InChI is InChI=1S/C8H11N9O3/c1-16-13-7(12-14-16)10-8(20)9-2-5-3-17(15-11-5)4-6(18)19/h3H,2,4H2,1H3,(H,18,19)(H2,9,10,13,20). The van der Waals surface area contributed by atoms with Crippen LogP contribution >= 0.6 is 0 Å². The largest absolute Gasteiger partial charge is 0.480 e. The van der Waals surface area contributed by atoms with Gasteiger partial charge in [0.1, 0.15) is 12.2 Å². The van der Waals surface area contributed by atoms with Gasteiger partial charge >= 0.3 is 12.0 Å². The van der Waals surface area contributed by atoms with Crippen LogP contribution in [0.3, 0.4) is 0 Å². The number of tetrazole rings is 1. The predicted octanol–water partition coefficient (Wildman–Crippen LogP) is -1.79. The molecule has 0 radical (unpaired) electrons. The minimum absolute atomic E-state index is 0.0690. The van der Waals surface area contributed by atoms with Gasteiger partial charge in [0.05, 0.1) is 19.8 Å². The van der Waals surface area contributed by atoms with Crippen molar-refractivity contribution in [2.45, 2.75) is 13.1 Å². The smallest absolute Gasteiger partial charge is 0.325 e. The number of urea groups is 1. The third kappa shape index (κ3) is 3.72. The lowest BCUT2D eigenvalue weighted by atomic mass is 10.5. The van der Waals surface area contributed by atoms with Gasteiger partial charge in [0.15, 0.2) is 0 Å². The number of rotatable bonds is 5. The van der Waals surface area contributed by atoms with Crippen molar-refractivity contribution in [3.05, 3.63) is 11.9 Å². The van der Waals surface area contributed by atoms with E-state index in [-0.39, 0.29) is 19.0 Å². The Labute approximate surface area is 111 Å². The lowest BCUT2D eigenvalue weighted by Crippen LogP contribution is -2.28. The molecule has 2 amide bonds. The number of aromatic nitrogens is 7. The number of nitrogens with zero attached hydrogens (tertiary/aromatic N) is 7. The highest BCUT2D eigenvalue weighted by Gasteiger charge is 2.08. The SMILES string of the molecule is Cn1nnc(NC(=O)NCc2cn(CC(=O)O)nn2)n1. The Hall–Kier alpha value is -3.05. The summed E-state index contributed by atoms with van der Waals surface area (Å²) in [6.45, 7) is -0.200. The third-order valence-corrected chi connectivity index (χ3v) is 2.05. The average Bonchev–Trinajstić information content (AvgIpc) is 2.96. The number of nitrogens with one attached hydrogen (secondary N) is 2. The maximum atomic E-state index is 11.5. The topological polar surface area (TPSA) is 153 Å². The van der Waals surface area contributed by atoms with Crippen molar-refractivity contribution in [3.63, 3.8) is 0 Å². The van der Waals surface area contributed by atoms with Crippen LogP contribution in [0.4, 0.5) is 10.7 Å². The Morgan fingerprint density at radius 1 is 1.35 bits per heavy atom. The zero-order chi connectivity index (χ0) is 14.5. The number of hydrogen-bond acceptors (Lipinski definition) is 7. The van der Waals surface area contributed by atoms with Gasteiger partial charge < -0.3 is 10.4 Å². The van der Waals surface area contributed by atoms with Crippen molar-refractivity contribution >= 4 is 17.9 Å². The summed E-state index contributed by atoms with van der Waals surface area (Å²) in [5.41, 5.74) is 0.425. The van der Waals surface area contributed by atoms with Gasteiger partial charge in [0, 0.05) is 0 Å². The highest BCUT2D eigenvalue weighted by molar-refractivity contribution is 5.87. The van der Waals surface area contributed by atoms with E-state index in [4.69, 9.17) is 5.11 Å². The fourth-order valence-electron chi connectivity index (χ4n) is 1.29. The summed E-state index contributed by atoms with van der Waals surface area (Å²) in [6.07, 6.45) is 1.43. The molecule has 0 saturated carbocycles. The maximum absolute atomic E-state index is 11.5. The van der Waals surface area contributed by atoms with Crippen LogP contribution in [0.1, 0.15) is 5.69 Å². The summed E-state index contributed by atoms with van der Waals surface area (Å²) < 4.78 is 1.15. The first-order chi connectivity index (χ1) is 9.52. The zero-order valence-electron chi connectivity index (χ0n) is 10.4. The molecule has 12 heteroatoms. The molecule has 0 spiro atoms. The first kappa shape index (κ1) is 13.4. The first-order valence-corrected chi connectivity index (χ1v) is 5.42. The van der Waals surface area contributed by atoms with E-state index in [2.05, 4.69) is 36.4 Å². The summed E-state index contributed by atoms with van der Waals surface area (Å²) in [4.78, 5) is 23.2. The third-order valence-electron chi connectivity index (χ3n) is 2.05. The van der Waals surface area contributed by atoms with Crippen LogP contribution in [0.5, 0.6) is 0 Å². The number of carbonyl (C=O) groups excluding carboxylic acids is 1. The molecule has 2 aromatic heterocycles. The molecule has 0 aliphatic carbocycles. The number of hydrogen-bond donors (Lipinski definition) is 3. The molecule has 12 nitrogen and oxygen atoms in total. The lowest BCUT2D eigenvalue weighted by molar-refractivity contribution is -0.137. The Bertz CT molecular complexity index is 618. The summed E-state index contributed by atoms with van der Waals surface area (Å²) in [5.74, 6) is -0.958. The van der Waals surface area contributed by atoms with Crippen LogP contribution in [0, 0.1) is 0 Å². The second-order valence-corrected chi connectivity index (χ2v) is 3.71. The summed E-state index contributed by atoms with van der Waals surface area (Å²) in [7, 11) is 1.57. The molecule has 0 aliphatic rings. The molecule has 0 unspecified atom stereocenters. The van der Waals surface area contributed by atoms with E-state index in [1.54, 1.807) is 7.05 Å². The van der Waals surface area contributed by atoms with E-state index in [1.807, 2.05) is 0 Å². The molecule has 2 heterocycles. The fraction of sp³-hybridized carbons (Fsp3) is 0.375. The van der Waals surface area contributed by atoms with Crippen LogP contribution in [0.25, 0.3) is 0 Å². The Balaban J connectivity index is 1.81. The molecule has 106 valence electrons. The van der Waals surface area contributed by atoms with Crippen LogP contribution in [-0.4, -0.2) is 52.3 Å². The number of carbonyl (C=O) groups is 2. The molecule has 0 aromatic carbocycles. The highest BCUT2D eigenvalue weighted by atomic mass is 16.4. The summed E-state index contributed by atoms with van der Waals surface area (Å²) in [6, 6.07) is -0.536. The van der Waals surface area contributed by atoms with Gasteiger partial charge in [0.25, 0.3) is 5.95 Å². The number of carboxylic acid groups (broad SMARTS) is 1. The van der Waals surface area contributed by atoms with E-state index < -0.39 is 12.0 Å². The van der Waals surface area contributed by atoms with Gasteiger partial charge in [-0.1, -0.05) is 10.3 Å². The quantitative estimate of drug-likeness (QED) is 0.580. The Morgan fingerprint density at radius 3 is 2.80 bits per heavy atom. The van der Waals surface area contributed by atoms with E-state index >= 15 is 0 Å². The molecular weight excluding hydrogens is 270 g/mol. The number of aliphatic carboxylic acids is 1. The van der Waals surface area contributed by atoms with E-state index in [0.717, 1.165) is 4.68 Å². The van der Waals surface area contributed by atoms with Crippen LogP contribution in [0.2, 0.25) is 0 Å². The minimum Gasteiger partial charge on any atom is -0.480 e. The molecule has 20 heavy (non-hydrogen) atoms. The highest BCUT2D eigenvalue weighted by Crippen LogP contribution is 1.95. The van der Waals surface area contributed by atoms with Crippen molar-refractivity contribution in [2.24, 2.45) is 7.05 Å². The number of aryl methyl sites for hydroxylation is 1. The van der Waals surface area contributed by atoms with Gasteiger partial charge in [-0.05, 0) is 5.21 Å². The monoisotopic (exact) mass is 281 g/mol. The lowest BCUT2D eigenvalue weighted by Gasteiger charge is -2.01. The van der Waals surface area contributed by atoms with Gasteiger partial charge in [-0.15, -0.1) is 10.2 Å². The summed E-state index contributed by atoms with van der Waals surface area (Å²) >= 11 is 0. The van der Waals surface area contributed by atoms with E-state index in [0.29, 0.717) is 5.69 Å². The maximum Gasteiger partial charge on any atom is 0.325 e. The van der Waals surface area contributed by atoms with Crippen molar-refractivity contribution in [2.75, 3.05) is 5.32 Å². The van der Waals surface area contributed by atoms with Gasteiger partial charge in [-0.2, -0.15) is 4.80 Å². The normalized spacial score (nSPS) is 10.2. The molecule has 0 fully saturated rings. The Morgan fingerprint density at radius 2 is 2.15 bits per heavy atom. The van der Waals surface area contributed by atoms with Crippen molar-refractivity contribution < 1.29 is 14.7 Å². The Kier molecular flexibility index (Phi) is 3.83. The predicted molar refractivity (Wildman–Crippen MR) is 62.3 cm³/mol. The summed E-state index contributed by atoms with van der Waals surface area (Å²) in [5, 5.41) is 31.6. The van der Waals surface area contributed by atoms with Gasteiger partial charge in [-0.3, -0.25) is 10.1 Å². The van der Waals surface area contributed by atoms with E-state index in [9.17, 15) is 9.59 Å². The van der Waals surface area contributed by atoms with Crippen molar-refractivity contribution in [1.82, 2.24) is 40.5 Å². The van der Waals surface area contributed by atoms with Crippen LogP contribution in [0.15, 0.2) is 6.20 Å². The number of anilines is 1. The van der Waals surface area contributed by atoms with Gasteiger partial charge in [0.2, 0.25) is 0 Å². The minimum atomic E-state index is -1.03. The van der Waals surface area contributed by atoms with Gasteiger partial charge in [-0.25, -0.2) is 9.48 Å². The van der Waals surface area contributed by atoms with E-state index in [1.165, 1.54) is 11.0 Å². The number of carboxylic acids is 1. The first-order valence-electron chi connectivity index (χ1n) is 5.42. The fourth-order valence-corrected chi connectivity index (χ4v) is 1.29. The second kappa shape index (κ2) is 5.73. The van der Waals surface area contributed by atoms with Crippen LogP contribution < -0.4 is 10.6 Å². The average molecular weight is 281 g/mol.